The molecule has 2 fully saturated rings. The van der Waals surface area contributed by atoms with Gasteiger partial charge in [-0.15, -0.1) is 0 Å². The second-order valence-corrected chi connectivity index (χ2v) is 4.54. The highest BCUT2D eigenvalue weighted by Gasteiger charge is 2.56. The summed E-state index contributed by atoms with van der Waals surface area (Å²) in [7, 11) is 0. The van der Waals surface area contributed by atoms with Crippen LogP contribution in [0.2, 0.25) is 0 Å². The highest BCUT2D eigenvalue weighted by Crippen LogP contribution is 2.51. The maximum absolute atomic E-state index is 5.71. The van der Waals surface area contributed by atoms with E-state index in [4.69, 9.17) is 9.47 Å². The minimum atomic E-state index is 0.343. The first-order chi connectivity index (χ1) is 6.41. The van der Waals surface area contributed by atoms with Gasteiger partial charge in [-0.1, -0.05) is 18.6 Å². The molecule has 0 bridgehead atoms. The fourth-order valence-electron chi connectivity index (χ4n) is 2.85. The van der Waals surface area contributed by atoms with Crippen molar-refractivity contribution in [3.63, 3.8) is 0 Å². The number of fused-ring (bicyclic) bond motifs is 2. The molecule has 2 heterocycles. The second-order valence-electron chi connectivity index (χ2n) is 4.54. The normalized spacial score (nSPS) is 48.6. The first kappa shape index (κ1) is 8.01. The zero-order valence-corrected chi connectivity index (χ0v) is 7.87. The van der Waals surface area contributed by atoms with Crippen molar-refractivity contribution in [2.75, 3.05) is 13.2 Å². The van der Waals surface area contributed by atoms with Gasteiger partial charge in [0.15, 0.2) is 0 Å². The van der Waals surface area contributed by atoms with Gasteiger partial charge in [0.05, 0.1) is 25.4 Å². The number of rotatable bonds is 0. The Morgan fingerprint density at radius 1 is 1.31 bits per heavy atom. The topological polar surface area (TPSA) is 21.8 Å². The summed E-state index contributed by atoms with van der Waals surface area (Å²) in [6.07, 6.45) is 10.5. The van der Waals surface area contributed by atoms with E-state index < -0.39 is 0 Å². The smallest absolute Gasteiger partial charge is 0.0922 e. The summed E-state index contributed by atoms with van der Waals surface area (Å²) in [4.78, 5) is 0. The number of hydrogen-bond donors (Lipinski definition) is 0. The first-order valence-corrected chi connectivity index (χ1v) is 5.29. The summed E-state index contributed by atoms with van der Waals surface area (Å²) < 4.78 is 11.3. The number of epoxide rings is 1. The van der Waals surface area contributed by atoms with Crippen LogP contribution in [0, 0.1) is 5.41 Å². The summed E-state index contributed by atoms with van der Waals surface area (Å²) in [6.45, 7) is 1.69. The highest BCUT2D eigenvalue weighted by molar-refractivity contribution is 5.08. The van der Waals surface area contributed by atoms with Gasteiger partial charge in [-0.25, -0.2) is 0 Å². The predicted molar refractivity (Wildman–Crippen MR) is 49.5 cm³/mol. The minimum Gasteiger partial charge on any atom is -0.377 e. The Hall–Kier alpha value is -0.340. The summed E-state index contributed by atoms with van der Waals surface area (Å²) in [5.74, 6) is 0. The van der Waals surface area contributed by atoms with E-state index in [1.54, 1.807) is 0 Å². The van der Waals surface area contributed by atoms with E-state index in [-0.39, 0.29) is 0 Å². The molecule has 2 nitrogen and oxygen atoms in total. The first-order valence-electron chi connectivity index (χ1n) is 5.29. The molecule has 0 unspecified atom stereocenters. The molecule has 1 saturated heterocycles. The third-order valence-corrected chi connectivity index (χ3v) is 3.64. The molecule has 1 aliphatic carbocycles. The van der Waals surface area contributed by atoms with Crippen LogP contribution in [0.15, 0.2) is 12.2 Å². The van der Waals surface area contributed by atoms with Gasteiger partial charge in [0.25, 0.3) is 0 Å². The number of allylic oxidation sites excluding steroid dienone is 1. The van der Waals surface area contributed by atoms with E-state index in [1.807, 2.05) is 0 Å². The Kier molecular flexibility index (Phi) is 1.74. The van der Waals surface area contributed by atoms with Crippen LogP contribution in [-0.4, -0.2) is 25.4 Å². The van der Waals surface area contributed by atoms with Crippen LogP contribution in [0.3, 0.4) is 0 Å². The Morgan fingerprint density at radius 3 is 3.31 bits per heavy atom. The van der Waals surface area contributed by atoms with E-state index in [1.165, 1.54) is 19.3 Å². The molecule has 0 aromatic heterocycles. The largest absolute Gasteiger partial charge is 0.377 e. The second kappa shape index (κ2) is 2.82. The highest BCUT2D eigenvalue weighted by atomic mass is 16.6. The molecule has 0 aromatic carbocycles. The molecule has 1 saturated carbocycles. The van der Waals surface area contributed by atoms with Crippen LogP contribution in [0.4, 0.5) is 0 Å². The van der Waals surface area contributed by atoms with Crippen molar-refractivity contribution in [3.8, 4) is 0 Å². The SMILES string of the molecule is C1=CC[C@]2(CCC[C@@H]3O[C@H]32)COC1. The molecular formula is C11H16O2. The Labute approximate surface area is 78.9 Å². The van der Waals surface area contributed by atoms with Crippen LogP contribution < -0.4 is 0 Å². The maximum atomic E-state index is 5.71. The maximum Gasteiger partial charge on any atom is 0.0922 e. The van der Waals surface area contributed by atoms with E-state index in [0.29, 0.717) is 17.6 Å². The van der Waals surface area contributed by atoms with Crippen molar-refractivity contribution in [1.82, 2.24) is 0 Å². The molecule has 0 radical (unpaired) electrons. The van der Waals surface area contributed by atoms with Crippen LogP contribution in [-0.2, 0) is 9.47 Å². The molecule has 2 aliphatic heterocycles. The lowest BCUT2D eigenvalue weighted by atomic mass is 9.72. The summed E-state index contributed by atoms with van der Waals surface area (Å²) in [6, 6.07) is 0. The minimum absolute atomic E-state index is 0.343. The van der Waals surface area contributed by atoms with Crippen LogP contribution in [0.5, 0.6) is 0 Å². The predicted octanol–water partition coefficient (Wildman–Crippen LogP) is 1.90. The monoisotopic (exact) mass is 180 g/mol. The Morgan fingerprint density at radius 2 is 2.31 bits per heavy atom. The van der Waals surface area contributed by atoms with E-state index in [2.05, 4.69) is 12.2 Å². The van der Waals surface area contributed by atoms with Gasteiger partial charge in [-0.05, 0) is 19.3 Å². The molecular weight excluding hydrogens is 164 g/mol. The molecule has 3 rings (SSSR count). The molecule has 0 amide bonds. The molecule has 13 heavy (non-hydrogen) atoms. The molecule has 3 atom stereocenters. The lowest BCUT2D eigenvalue weighted by Crippen LogP contribution is -2.35. The number of hydrogen-bond acceptors (Lipinski definition) is 2. The summed E-state index contributed by atoms with van der Waals surface area (Å²) in [5, 5.41) is 0. The van der Waals surface area contributed by atoms with Crippen molar-refractivity contribution < 1.29 is 9.47 Å². The van der Waals surface area contributed by atoms with Gasteiger partial charge in [0.1, 0.15) is 0 Å². The fourth-order valence-corrected chi connectivity index (χ4v) is 2.85. The van der Waals surface area contributed by atoms with Gasteiger partial charge >= 0.3 is 0 Å². The van der Waals surface area contributed by atoms with Gasteiger partial charge in [0, 0.05) is 5.41 Å². The fraction of sp³-hybridized carbons (Fsp3) is 0.818. The average Bonchev–Trinajstić information content (AvgIpc) is 2.90. The van der Waals surface area contributed by atoms with E-state index in [9.17, 15) is 0 Å². The molecule has 72 valence electrons. The van der Waals surface area contributed by atoms with E-state index >= 15 is 0 Å². The Bertz CT molecular complexity index is 236. The van der Waals surface area contributed by atoms with Crippen LogP contribution in [0.1, 0.15) is 25.7 Å². The van der Waals surface area contributed by atoms with Crippen molar-refractivity contribution >= 4 is 0 Å². The Balaban J connectivity index is 1.81. The summed E-state index contributed by atoms with van der Waals surface area (Å²) >= 11 is 0. The standard InChI is InChI=1S/C11H16O2/c1-2-7-12-8-11(5-1)6-3-4-9-10(11)13-9/h1-2,9-10H,3-8H2/t9-,10+,11-/m0/s1. The van der Waals surface area contributed by atoms with Gasteiger partial charge in [0.2, 0.25) is 0 Å². The van der Waals surface area contributed by atoms with Crippen molar-refractivity contribution in [2.24, 2.45) is 5.41 Å². The molecule has 0 aromatic rings. The van der Waals surface area contributed by atoms with Crippen LogP contribution in [0.25, 0.3) is 0 Å². The number of ether oxygens (including phenoxy) is 2. The van der Waals surface area contributed by atoms with Gasteiger partial charge < -0.3 is 9.47 Å². The lowest BCUT2D eigenvalue weighted by molar-refractivity contribution is 0.0369. The average molecular weight is 180 g/mol. The molecule has 3 aliphatic rings. The summed E-state index contributed by atoms with van der Waals surface area (Å²) in [5.41, 5.74) is 0.343. The van der Waals surface area contributed by atoms with Crippen LogP contribution >= 0.6 is 0 Å². The zero-order chi connectivity index (χ0) is 8.73. The quantitative estimate of drug-likeness (QED) is 0.419. The molecule has 2 heteroatoms. The third-order valence-electron chi connectivity index (χ3n) is 3.64. The van der Waals surface area contributed by atoms with E-state index in [0.717, 1.165) is 19.6 Å². The van der Waals surface area contributed by atoms with Crippen molar-refractivity contribution in [1.29, 1.82) is 0 Å². The third kappa shape index (κ3) is 1.24. The van der Waals surface area contributed by atoms with Gasteiger partial charge in [-0.2, -0.15) is 0 Å². The van der Waals surface area contributed by atoms with Crippen molar-refractivity contribution in [2.45, 2.75) is 37.9 Å². The zero-order valence-electron chi connectivity index (χ0n) is 7.87. The molecule has 0 N–H and O–H groups in total. The lowest BCUT2D eigenvalue weighted by Gasteiger charge is -2.32. The van der Waals surface area contributed by atoms with Crippen molar-refractivity contribution in [3.05, 3.63) is 12.2 Å². The molecule has 1 spiro atoms. The van der Waals surface area contributed by atoms with Gasteiger partial charge in [-0.3, -0.25) is 0 Å².